The second kappa shape index (κ2) is 7.04. The zero-order valence-corrected chi connectivity index (χ0v) is 13.4. The van der Waals surface area contributed by atoms with Crippen molar-refractivity contribution in [2.24, 2.45) is 5.73 Å². The quantitative estimate of drug-likeness (QED) is 0.848. The average Bonchev–Trinajstić information content (AvgIpc) is 2.98. The summed E-state index contributed by atoms with van der Waals surface area (Å²) in [7, 11) is 0. The second-order valence-corrected chi connectivity index (χ2v) is 5.73. The number of rotatable bonds is 6. The van der Waals surface area contributed by atoms with E-state index in [1.807, 2.05) is 13.8 Å². The van der Waals surface area contributed by atoms with Crippen LogP contribution >= 0.6 is 0 Å². The molecule has 0 aliphatic rings. The summed E-state index contributed by atoms with van der Waals surface area (Å²) in [5, 5.41) is 6.32. The summed E-state index contributed by atoms with van der Waals surface area (Å²) in [6, 6.07) is 5.61. The summed E-state index contributed by atoms with van der Waals surface area (Å²) in [6.07, 6.45) is 1.31. The van der Waals surface area contributed by atoms with Crippen molar-refractivity contribution >= 4 is 5.91 Å². The molecule has 0 unspecified atom stereocenters. The highest BCUT2D eigenvalue weighted by Crippen LogP contribution is 2.23. The van der Waals surface area contributed by atoms with Crippen LogP contribution in [0.25, 0.3) is 5.69 Å². The van der Waals surface area contributed by atoms with E-state index in [0.717, 1.165) is 0 Å². The van der Waals surface area contributed by atoms with E-state index in [-0.39, 0.29) is 17.3 Å². The van der Waals surface area contributed by atoms with E-state index in [1.165, 1.54) is 35.1 Å². The van der Waals surface area contributed by atoms with Crippen molar-refractivity contribution in [2.45, 2.75) is 25.7 Å². The number of amides is 1. The predicted molar refractivity (Wildman–Crippen MR) is 83.9 cm³/mol. The van der Waals surface area contributed by atoms with Gasteiger partial charge in [-0.2, -0.15) is 5.10 Å². The molecular weight excluding hydrogens is 321 g/mol. The van der Waals surface area contributed by atoms with Crippen molar-refractivity contribution in [2.75, 3.05) is 13.1 Å². The molecule has 0 aliphatic heterocycles. The number of carbonyl (C=O) groups excluding carboxylic acids is 1. The molecule has 2 rings (SSSR count). The lowest BCUT2D eigenvalue weighted by Gasteiger charge is -2.16. The average molecular weight is 340 g/mol. The molecule has 130 valence electrons. The third-order valence-electron chi connectivity index (χ3n) is 3.48. The molecule has 3 N–H and O–H groups in total. The highest BCUT2D eigenvalue weighted by Gasteiger charge is 2.29. The Morgan fingerprint density at radius 2 is 1.96 bits per heavy atom. The first-order valence-corrected chi connectivity index (χ1v) is 7.45. The first-order chi connectivity index (χ1) is 11.2. The second-order valence-electron chi connectivity index (χ2n) is 5.73. The van der Waals surface area contributed by atoms with Gasteiger partial charge in [0, 0.05) is 0 Å². The van der Waals surface area contributed by atoms with Gasteiger partial charge in [0.1, 0.15) is 5.82 Å². The molecule has 5 nitrogen and oxygen atoms in total. The number of hydrogen-bond donors (Lipinski definition) is 2. The van der Waals surface area contributed by atoms with Crippen molar-refractivity contribution in [3.63, 3.8) is 0 Å². The smallest absolute Gasteiger partial charge is 0.277 e. The summed E-state index contributed by atoms with van der Waals surface area (Å²) in [5.41, 5.74) is 6.28. The van der Waals surface area contributed by atoms with Crippen molar-refractivity contribution in [3.05, 3.63) is 47.5 Å². The first kappa shape index (κ1) is 18.0. The Kier molecular flexibility index (Phi) is 5.28. The summed E-state index contributed by atoms with van der Waals surface area (Å²) in [5.74, 6) is -4.31. The molecule has 0 spiro atoms. The summed E-state index contributed by atoms with van der Waals surface area (Å²) >= 11 is 0. The molecule has 1 aromatic carbocycles. The zero-order chi connectivity index (χ0) is 17.9. The molecule has 0 bridgehead atoms. The molecule has 8 heteroatoms. The zero-order valence-electron chi connectivity index (χ0n) is 13.4. The number of nitrogens with zero attached hydrogens (tertiary/aromatic N) is 2. The number of benzene rings is 1. The number of nitrogens with two attached hydrogens (primary N) is 1. The lowest BCUT2D eigenvalue weighted by atomic mass is 10.0. The van der Waals surface area contributed by atoms with Gasteiger partial charge in [0.05, 0.1) is 36.2 Å². The van der Waals surface area contributed by atoms with Gasteiger partial charge >= 0.3 is 0 Å². The molecule has 0 radical (unpaired) electrons. The maximum absolute atomic E-state index is 13.2. The monoisotopic (exact) mass is 340 g/mol. The van der Waals surface area contributed by atoms with Crippen LogP contribution in [0.15, 0.2) is 30.5 Å². The molecule has 0 aliphatic carbocycles. The Balaban J connectivity index is 2.31. The van der Waals surface area contributed by atoms with Gasteiger partial charge in [-0.25, -0.2) is 17.9 Å². The highest BCUT2D eigenvalue weighted by molar-refractivity contribution is 5.95. The SMILES string of the molecule is CC(C)c1c(C(=O)NCC(F)(F)CN)cnn1-c1ccc(F)cc1. The Morgan fingerprint density at radius 1 is 1.33 bits per heavy atom. The van der Waals surface area contributed by atoms with Gasteiger partial charge in [-0.1, -0.05) is 13.8 Å². The Bertz CT molecular complexity index is 711. The van der Waals surface area contributed by atoms with Crippen LogP contribution in [0.2, 0.25) is 0 Å². The van der Waals surface area contributed by atoms with Crippen LogP contribution in [-0.4, -0.2) is 34.7 Å². The number of halogens is 3. The Labute approximate surface area is 137 Å². The Morgan fingerprint density at radius 3 is 2.50 bits per heavy atom. The lowest BCUT2D eigenvalue weighted by Crippen LogP contribution is -2.41. The van der Waals surface area contributed by atoms with Crippen LogP contribution in [0.1, 0.15) is 35.8 Å². The van der Waals surface area contributed by atoms with Crippen LogP contribution < -0.4 is 11.1 Å². The van der Waals surface area contributed by atoms with Crippen LogP contribution in [0, 0.1) is 5.82 Å². The topological polar surface area (TPSA) is 72.9 Å². The molecular formula is C16H19F3N4O. The third-order valence-corrected chi connectivity index (χ3v) is 3.48. The third kappa shape index (κ3) is 3.94. The first-order valence-electron chi connectivity index (χ1n) is 7.45. The number of nitrogens with one attached hydrogen (secondary N) is 1. The van der Waals surface area contributed by atoms with E-state index in [0.29, 0.717) is 11.4 Å². The minimum Gasteiger partial charge on any atom is -0.346 e. The van der Waals surface area contributed by atoms with Crippen LogP contribution in [0.4, 0.5) is 13.2 Å². The van der Waals surface area contributed by atoms with E-state index in [9.17, 15) is 18.0 Å². The molecule has 1 aromatic heterocycles. The summed E-state index contributed by atoms with van der Waals surface area (Å²) < 4.78 is 41.0. The number of alkyl halides is 2. The molecule has 1 amide bonds. The molecule has 0 fully saturated rings. The van der Waals surface area contributed by atoms with Gasteiger partial charge in [-0.3, -0.25) is 4.79 Å². The largest absolute Gasteiger partial charge is 0.346 e. The van der Waals surface area contributed by atoms with Crippen molar-refractivity contribution in [1.82, 2.24) is 15.1 Å². The Hall–Kier alpha value is -2.35. The normalized spacial score (nSPS) is 11.8. The molecule has 0 atom stereocenters. The molecule has 24 heavy (non-hydrogen) atoms. The van der Waals surface area contributed by atoms with E-state index in [2.05, 4.69) is 10.4 Å². The van der Waals surface area contributed by atoms with E-state index < -0.39 is 24.9 Å². The lowest BCUT2D eigenvalue weighted by molar-refractivity contribution is 0.0118. The highest BCUT2D eigenvalue weighted by atomic mass is 19.3. The van der Waals surface area contributed by atoms with E-state index >= 15 is 0 Å². The van der Waals surface area contributed by atoms with E-state index in [1.54, 1.807) is 0 Å². The minimum absolute atomic E-state index is 0.103. The van der Waals surface area contributed by atoms with Crippen molar-refractivity contribution in [3.8, 4) is 5.69 Å². The number of carbonyl (C=O) groups is 1. The fraction of sp³-hybridized carbons (Fsp3) is 0.375. The fourth-order valence-electron chi connectivity index (χ4n) is 2.25. The maximum atomic E-state index is 13.2. The standard InChI is InChI=1S/C16H19F3N4O/c1-10(2)14-13(15(24)21-9-16(18,19)8-20)7-22-23(14)12-5-3-11(17)4-6-12/h3-7,10H,8-9,20H2,1-2H3,(H,21,24). The molecule has 1 heterocycles. The summed E-state index contributed by atoms with van der Waals surface area (Å²) in [4.78, 5) is 12.2. The van der Waals surface area contributed by atoms with Crippen LogP contribution in [-0.2, 0) is 0 Å². The van der Waals surface area contributed by atoms with Crippen molar-refractivity contribution in [1.29, 1.82) is 0 Å². The number of aromatic nitrogens is 2. The minimum atomic E-state index is -3.17. The van der Waals surface area contributed by atoms with Gasteiger partial charge in [0.25, 0.3) is 11.8 Å². The van der Waals surface area contributed by atoms with Crippen LogP contribution in [0.3, 0.4) is 0 Å². The van der Waals surface area contributed by atoms with Crippen LogP contribution in [0.5, 0.6) is 0 Å². The van der Waals surface area contributed by atoms with Crippen molar-refractivity contribution < 1.29 is 18.0 Å². The van der Waals surface area contributed by atoms with Gasteiger partial charge in [-0.05, 0) is 30.2 Å². The molecule has 2 aromatic rings. The van der Waals surface area contributed by atoms with Gasteiger partial charge in [0.15, 0.2) is 0 Å². The van der Waals surface area contributed by atoms with Gasteiger partial charge in [-0.15, -0.1) is 0 Å². The summed E-state index contributed by atoms with van der Waals surface area (Å²) in [6.45, 7) is 2.01. The van der Waals surface area contributed by atoms with Gasteiger partial charge in [0.2, 0.25) is 0 Å². The number of hydrogen-bond acceptors (Lipinski definition) is 3. The molecule has 0 saturated carbocycles. The maximum Gasteiger partial charge on any atom is 0.277 e. The van der Waals surface area contributed by atoms with E-state index in [4.69, 9.17) is 5.73 Å². The predicted octanol–water partition coefficient (Wildman–Crippen LogP) is 2.46. The van der Waals surface area contributed by atoms with Gasteiger partial charge < -0.3 is 11.1 Å². The fourth-order valence-corrected chi connectivity index (χ4v) is 2.25. The molecule has 0 saturated heterocycles.